The summed E-state index contributed by atoms with van der Waals surface area (Å²) >= 11 is 0. The Kier molecular flexibility index (Phi) is 4.41. The number of amides is 1. The van der Waals surface area contributed by atoms with E-state index in [4.69, 9.17) is 4.84 Å². The highest BCUT2D eigenvalue weighted by Gasteiger charge is 2.30. The number of aryl methyl sites for hydroxylation is 1. The Bertz CT molecular complexity index is 882. The molecule has 0 radical (unpaired) electrons. The Morgan fingerprint density at radius 3 is 2.92 bits per heavy atom. The molecule has 2 aromatic carbocycles. The number of carbonyl (C=O) groups is 1. The summed E-state index contributed by atoms with van der Waals surface area (Å²) in [6.45, 7) is 0.683. The lowest BCUT2D eigenvalue weighted by molar-refractivity contribution is -0.121. The fraction of sp³-hybridized carbons (Fsp3) is 0.300. The summed E-state index contributed by atoms with van der Waals surface area (Å²) in [6, 6.07) is 11.2. The second-order valence-corrected chi connectivity index (χ2v) is 6.58. The van der Waals surface area contributed by atoms with Crippen LogP contribution in [0.2, 0.25) is 0 Å². The van der Waals surface area contributed by atoms with E-state index in [2.05, 4.69) is 5.16 Å². The van der Waals surface area contributed by atoms with E-state index >= 15 is 0 Å². The maximum Gasteiger partial charge on any atom is 0.230 e. The summed E-state index contributed by atoms with van der Waals surface area (Å²) in [7, 11) is 0. The number of oxime groups is 1. The molecule has 4 rings (SSSR count). The first kappa shape index (κ1) is 16.7. The van der Waals surface area contributed by atoms with Gasteiger partial charge in [0.05, 0.1) is 12.1 Å². The van der Waals surface area contributed by atoms with Crippen LogP contribution in [0.4, 0.5) is 14.5 Å². The number of fused-ring (bicyclic) bond motifs is 1. The van der Waals surface area contributed by atoms with Crippen molar-refractivity contribution in [2.75, 3.05) is 11.4 Å². The topological polar surface area (TPSA) is 41.9 Å². The molecule has 0 N–H and O–H groups in total. The molecule has 0 fully saturated rings. The third kappa shape index (κ3) is 3.19. The molecule has 1 atom stereocenters. The van der Waals surface area contributed by atoms with Crippen molar-refractivity contribution >= 4 is 17.3 Å². The molecule has 0 aromatic heterocycles. The van der Waals surface area contributed by atoms with Crippen molar-refractivity contribution in [3.63, 3.8) is 0 Å². The molecular formula is C20H18F2N2O2. The third-order valence-corrected chi connectivity index (χ3v) is 4.79. The van der Waals surface area contributed by atoms with E-state index in [1.165, 1.54) is 17.7 Å². The lowest BCUT2D eigenvalue weighted by atomic mass is 9.99. The van der Waals surface area contributed by atoms with E-state index in [1.54, 1.807) is 4.90 Å². The maximum absolute atomic E-state index is 13.9. The fourth-order valence-electron chi connectivity index (χ4n) is 3.52. The molecule has 6 heteroatoms. The van der Waals surface area contributed by atoms with Gasteiger partial charge in [-0.2, -0.15) is 0 Å². The van der Waals surface area contributed by atoms with Crippen molar-refractivity contribution in [3.05, 3.63) is 65.2 Å². The van der Waals surface area contributed by atoms with E-state index in [0.717, 1.165) is 24.6 Å². The zero-order chi connectivity index (χ0) is 18.1. The molecular weight excluding hydrogens is 338 g/mol. The molecule has 4 nitrogen and oxygen atoms in total. The second-order valence-electron chi connectivity index (χ2n) is 6.58. The molecule has 0 spiro atoms. The number of hydrogen-bond acceptors (Lipinski definition) is 3. The fourth-order valence-corrected chi connectivity index (χ4v) is 3.52. The average molecular weight is 356 g/mol. The van der Waals surface area contributed by atoms with Gasteiger partial charge in [-0.05, 0) is 36.6 Å². The van der Waals surface area contributed by atoms with Crippen molar-refractivity contribution in [2.45, 2.75) is 31.8 Å². The number of anilines is 1. The van der Waals surface area contributed by atoms with Crippen molar-refractivity contribution < 1.29 is 18.4 Å². The van der Waals surface area contributed by atoms with Gasteiger partial charge in [-0.1, -0.05) is 23.4 Å². The molecule has 2 aromatic rings. The Hall–Kier alpha value is -2.76. The predicted octanol–water partition coefficient (Wildman–Crippen LogP) is 3.83. The first-order valence-electron chi connectivity index (χ1n) is 8.68. The van der Waals surface area contributed by atoms with Crippen LogP contribution >= 0.6 is 0 Å². The minimum absolute atomic E-state index is 0.0295. The minimum atomic E-state index is -0.677. The van der Waals surface area contributed by atoms with Gasteiger partial charge in [0.2, 0.25) is 5.91 Å². The standard InChI is InChI=1S/C20H18F2N2O2/c21-14-7-8-16(17(22)10-14)18-11-15(26-23-18)12-20(25)24-9-3-5-13-4-1-2-6-19(13)24/h1-2,4,6-8,10,15H,3,5,9,11-12H2. The van der Waals surface area contributed by atoms with Crippen LogP contribution in [-0.4, -0.2) is 24.3 Å². The smallest absolute Gasteiger partial charge is 0.230 e. The second kappa shape index (κ2) is 6.86. The van der Waals surface area contributed by atoms with E-state index in [9.17, 15) is 13.6 Å². The molecule has 2 aliphatic heterocycles. The molecule has 0 bridgehead atoms. The number of halogens is 2. The molecule has 134 valence electrons. The van der Waals surface area contributed by atoms with Gasteiger partial charge < -0.3 is 9.74 Å². The van der Waals surface area contributed by atoms with E-state index in [-0.39, 0.29) is 17.9 Å². The van der Waals surface area contributed by atoms with Gasteiger partial charge in [0, 0.05) is 30.3 Å². The van der Waals surface area contributed by atoms with Gasteiger partial charge in [0.1, 0.15) is 17.7 Å². The van der Waals surface area contributed by atoms with Gasteiger partial charge in [0.25, 0.3) is 0 Å². The van der Waals surface area contributed by atoms with Gasteiger partial charge in [-0.25, -0.2) is 8.78 Å². The average Bonchev–Trinajstić information content (AvgIpc) is 3.09. The van der Waals surface area contributed by atoms with Crippen LogP contribution < -0.4 is 4.90 Å². The van der Waals surface area contributed by atoms with Crippen molar-refractivity contribution in [1.82, 2.24) is 0 Å². The normalized spacial score (nSPS) is 18.9. The van der Waals surface area contributed by atoms with Crippen molar-refractivity contribution in [2.24, 2.45) is 5.16 Å². The number of nitrogens with zero attached hydrogens (tertiary/aromatic N) is 2. The molecule has 2 aliphatic rings. The summed E-state index contributed by atoms with van der Waals surface area (Å²) < 4.78 is 26.9. The Morgan fingerprint density at radius 1 is 1.23 bits per heavy atom. The predicted molar refractivity (Wildman–Crippen MR) is 94.1 cm³/mol. The van der Waals surface area contributed by atoms with Gasteiger partial charge >= 0.3 is 0 Å². The van der Waals surface area contributed by atoms with Crippen LogP contribution in [0.25, 0.3) is 0 Å². The lowest BCUT2D eigenvalue weighted by Crippen LogP contribution is -2.37. The zero-order valence-electron chi connectivity index (χ0n) is 14.1. The molecule has 1 unspecified atom stereocenters. The van der Waals surface area contributed by atoms with Crippen LogP contribution in [0.3, 0.4) is 0 Å². The summed E-state index contributed by atoms with van der Waals surface area (Å²) in [4.78, 5) is 19.9. The highest BCUT2D eigenvalue weighted by Crippen LogP contribution is 2.29. The number of benzene rings is 2. The summed E-state index contributed by atoms with van der Waals surface area (Å²) in [6.07, 6.45) is 1.96. The number of rotatable bonds is 3. The van der Waals surface area contributed by atoms with E-state index < -0.39 is 17.7 Å². The summed E-state index contributed by atoms with van der Waals surface area (Å²) in [5.74, 6) is -1.34. The van der Waals surface area contributed by atoms with Gasteiger partial charge in [0.15, 0.2) is 0 Å². The van der Waals surface area contributed by atoms with Crippen LogP contribution in [0.5, 0.6) is 0 Å². The van der Waals surface area contributed by atoms with Crippen molar-refractivity contribution in [1.29, 1.82) is 0 Å². The summed E-state index contributed by atoms with van der Waals surface area (Å²) in [5, 5.41) is 3.90. The first-order valence-corrected chi connectivity index (χ1v) is 8.68. The number of hydrogen-bond donors (Lipinski definition) is 0. The summed E-state index contributed by atoms with van der Waals surface area (Å²) in [5.41, 5.74) is 2.74. The van der Waals surface area contributed by atoms with Crippen LogP contribution in [0, 0.1) is 11.6 Å². The largest absolute Gasteiger partial charge is 0.391 e. The Labute approximate surface area is 150 Å². The van der Waals surface area contributed by atoms with Crippen LogP contribution in [0.1, 0.15) is 30.4 Å². The molecule has 1 amide bonds. The molecule has 2 heterocycles. The minimum Gasteiger partial charge on any atom is -0.391 e. The SMILES string of the molecule is O=C(CC1CC(c2ccc(F)cc2F)=NO1)N1CCCc2ccccc21. The Balaban J connectivity index is 1.43. The Morgan fingerprint density at radius 2 is 2.08 bits per heavy atom. The number of para-hydroxylation sites is 1. The maximum atomic E-state index is 13.9. The highest BCUT2D eigenvalue weighted by atomic mass is 19.1. The van der Waals surface area contributed by atoms with E-state index in [1.807, 2.05) is 24.3 Å². The van der Waals surface area contributed by atoms with Gasteiger partial charge in [-0.3, -0.25) is 4.79 Å². The number of carbonyl (C=O) groups excluding carboxylic acids is 1. The quantitative estimate of drug-likeness (QED) is 0.839. The molecule has 0 aliphatic carbocycles. The van der Waals surface area contributed by atoms with Crippen molar-refractivity contribution in [3.8, 4) is 0 Å². The van der Waals surface area contributed by atoms with Gasteiger partial charge in [-0.15, -0.1) is 0 Å². The van der Waals surface area contributed by atoms with E-state index in [0.29, 0.717) is 18.7 Å². The molecule has 0 saturated carbocycles. The molecule has 26 heavy (non-hydrogen) atoms. The lowest BCUT2D eigenvalue weighted by Gasteiger charge is -2.30. The third-order valence-electron chi connectivity index (χ3n) is 4.79. The zero-order valence-corrected chi connectivity index (χ0v) is 14.1. The highest BCUT2D eigenvalue weighted by molar-refractivity contribution is 6.02. The van der Waals surface area contributed by atoms with Crippen LogP contribution in [0.15, 0.2) is 47.6 Å². The van der Waals surface area contributed by atoms with Crippen LogP contribution in [-0.2, 0) is 16.1 Å². The monoisotopic (exact) mass is 356 g/mol. The molecule has 0 saturated heterocycles. The first-order chi connectivity index (χ1) is 12.6.